The lowest BCUT2D eigenvalue weighted by molar-refractivity contribution is -0.115. The summed E-state index contributed by atoms with van der Waals surface area (Å²) in [7, 11) is 0. The van der Waals surface area contributed by atoms with E-state index in [0.29, 0.717) is 16.6 Å². The lowest BCUT2D eigenvalue weighted by atomic mass is 10.2. The molecule has 0 saturated heterocycles. The molecule has 0 radical (unpaired) electrons. The molecule has 6 heteroatoms. The van der Waals surface area contributed by atoms with Crippen molar-refractivity contribution in [2.24, 2.45) is 4.99 Å². The Balaban J connectivity index is 1.97. The maximum absolute atomic E-state index is 12.1. The normalized spacial score (nSPS) is 15.9. The van der Waals surface area contributed by atoms with Crippen LogP contribution in [0.25, 0.3) is 6.08 Å². The number of benzene rings is 2. The third-order valence-electron chi connectivity index (χ3n) is 3.05. The third-order valence-corrected chi connectivity index (χ3v) is 4.58. The number of carbonyl (C=O) groups is 1. The van der Waals surface area contributed by atoms with Crippen LogP contribution in [0.1, 0.15) is 11.1 Å². The Morgan fingerprint density at radius 2 is 1.91 bits per heavy atom. The van der Waals surface area contributed by atoms with Gasteiger partial charge >= 0.3 is 0 Å². The largest absolute Gasteiger partial charge is 0.305 e. The molecule has 2 aromatic rings. The molecule has 0 aromatic heterocycles. The van der Waals surface area contributed by atoms with E-state index in [0.717, 1.165) is 19.2 Å². The molecule has 1 heterocycles. The number of hydrogen-bond acceptors (Lipinski definition) is 2. The Morgan fingerprint density at radius 3 is 2.64 bits per heavy atom. The maximum atomic E-state index is 12.1. The fraction of sp³-hybridized carbons (Fsp3) is 0. The third kappa shape index (κ3) is 3.42. The second-order valence-corrected chi connectivity index (χ2v) is 7.19. The van der Waals surface area contributed by atoms with Gasteiger partial charge in [0.05, 0.1) is 5.02 Å². The van der Waals surface area contributed by atoms with Crippen molar-refractivity contribution in [3.8, 4) is 0 Å². The smallest absolute Gasteiger partial charge is 0.275 e. The van der Waals surface area contributed by atoms with Gasteiger partial charge in [-0.15, -0.1) is 0 Å². The van der Waals surface area contributed by atoms with Gasteiger partial charge in [-0.05, 0) is 64.6 Å². The van der Waals surface area contributed by atoms with Crippen LogP contribution in [0.2, 0.25) is 5.02 Å². The minimum Gasteiger partial charge on any atom is -0.305 e. The predicted octanol–water partition coefficient (Wildman–Crippen LogP) is 4.62. The number of hydrogen-bond donors (Lipinski definition) is 1. The summed E-state index contributed by atoms with van der Waals surface area (Å²) >= 11 is 11.8. The van der Waals surface area contributed by atoms with E-state index in [1.165, 1.54) is 0 Å². The number of carbonyl (C=O) groups excluding carboxylic acids is 1. The second-order valence-electron chi connectivity index (χ2n) is 4.62. The van der Waals surface area contributed by atoms with E-state index in [4.69, 9.17) is 11.6 Å². The van der Waals surface area contributed by atoms with Crippen molar-refractivity contribution in [2.75, 3.05) is 0 Å². The minimum absolute atomic E-state index is 0.229. The molecule has 1 aliphatic heterocycles. The van der Waals surface area contributed by atoms with Gasteiger partial charge in [-0.3, -0.25) is 4.79 Å². The van der Waals surface area contributed by atoms with Crippen LogP contribution in [0, 0.1) is 3.57 Å². The number of amides is 1. The van der Waals surface area contributed by atoms with Crippen LogP contribution in [0.3, 0.4) is 0 Å². The molecule has 0 unspecified atom stereocenters. The Hall–Kier alpha value is -1.18. The summed E-state index contributed by atoms with van der Waals surface area (Å²) in [6, 6.07) is 13.3. The Labute approximate surface area is 154 Å². The molecule has 22 heavy (non-hydrogen) atoms. The van der Waals surface area contributed by atoms with Gasteiger partial charge in [-0.25, -0.2) is 4.99 Å². The SMILES string of the molecule is O=C1NC(c2cc(I)ccc2Cl)=N/C1=C/c1ccc(Br)cc1. The van der Waals surface area contributed by atoms with Crippen molar-refractivity contribution in [2.45, 2.75) is 0 Å². The van der Waals surface area contributed by atoms with Crippen LogP contribution < -0.4 is 5.32 Å². The highest BCUT2D eigenvalue weighted by Crippen LogP contribution is 2.23. The van der Waals surface area contributed by atoms with Gasteiger partial charge in [0.15, 0.2) is 0 Å². The quantitative estimate of drug-likeness (QED) is 0.487. The molecular weight excluding hydrogens is 478 g/mol. The standard InChI is InChI=1S/C16H9BrClIN2O/c17-10-3-1-9(2-4-10)7-14-16(22)21-15(20-14)12-8-11(19)5-6-13(12)18/h1-8H,(H,20,21,22)/b14-7+. The first kappa shape index (κ1) is 15.7. The van der Waals surface area contributed by atoms with Crippen LogP contribution in [0.5, 0.6) is 0 Å². The van der Waals surface area contributed by atoms with Crippen LogP contribution in [0.4, 0.5) is 0 Å². The van der Waals surface area contributed by atoms with E-state index in [-0.39, 0.29) is 5.91 Å². The molecule has 1 aliphatic rings. The lowest BCUT2D eigenvalue weighted by Gasteiger charge is -2.03. The first-order valence-corrected chi connectivity index (χ1v) is 8.60. The zero-order valence-electron chi connectivity index (χ0n) is 11.1. The van der Waals surface area contributed by atoms with E-state index >= 15 is 0 Å². The molecule has 0 fully saturated rings. The maximum Gasteiger partial charge on any atom is 0.275 e. The number of rotatable bonds is 2. The van der Waals surface area contributed by atoms with Gasteiger partial charge in [-0.2, -0.15) is 0 Å². The van der Waals surface area contributed by atoms with E-state index < -0.39 is 0 Å². The van der Waals surface area contributed by atoms with Crippen molar-refractivity contribution in [1.82, 2.24) is 5.32 Å². The van der Waals surface area contributed by atoms with Gasteiger partial charge in [0.25, 0.3) is 5.91 Å². The Morgan fingerprint density at radius 1 is 1.18 bits per heavy atom. The lowest BCUT2D eigenvalue weighted by Crippen LogP contribution is -2.25. The van der Waals surface area contributed by atoms with Crippen LogP contribution >= 0.6 is 50.1 Å². The highest BCUT2D eigenvalue weighted by molar-refractivity contribution is 14.1. The van der Waals surface area contributed by atoms with Crippen molar-refractivity contribution in [1.29, 1.82) is 0 Å². The monoisotopic (exact) mass is 486 g/mol. The number of nitrogens with one attached hydrogen (secondary N) is 1. The van der Waals surface area contributed by atoms with E-state index in [2.05, 4.69) is 48.8 Å². The van der Waals surface area contributed by atoms with Gasteiger partial charge in [0, 0.05) is 13.6 Å². The van der Waals surface area contributed by atoms with Crippen molar-refractivity contribution in [3.63, 3.8) is 0 Å². The van der Waals surface area contributed by atoms with Crippen LogP contribution in [0.15, 0.2) is 57.6 Å². The number of amidine groups is 1. The summed E-state index contributed by atoms with van der Waals surface area (Å²) in [6.07, 6.45) is 1.75. The summed E-state index contributed by atoms with van der Waals surface area (Å²) < 4.78 is 2.01. The molecule has 1 amide bonds. The zero-order chi connectivity index (χ0) is 15.7. The molecule has 0 aliphatic carbocycles. The number of nitrogens with zero attached hydrogens (tertiary/aromatic N) is 1. The second kappa shape index (κ2) is 6.52. The van der Waals surface area contributed by atoms with Crippen molar-refractivity contribution in [3.05, 3.63) is 72.4 Å². The first-order chi connectivity index (χ1) is 10.5. The molecule has 110 valence electrons. The van der Waals surface area contributed by atoms with E-state index in [9.17, 15) is 4.79 Å². The molecule has 0 saturated carbocycles. The molecule has 0 bridgehead atoms. The summed E-state index contributed by atoms with van der Waals surface area (Å²) in [6.45, 7) is 0. The fourth-order valence-corrected chi connectivity index (χ4v) is 2.95. The van der Waals surface area contributed by atoms with E-state index in [1.807, 2.05) is 36.4 Å². The highest BCUT2D eigenvalue weighted by Gasteiger charge is 2.22. The molecule has 3 nitrogen and oxygen atoms in total. The Bertz CT molecular complexity index is 815. The first-order valence-electron chi connectivity index (χ1n) is 6.36. The average Bonchev–Trinajstić information content (AvgIpc) is 2.85. The van der Waals surface area contributed by atoms with Gasteiger partial charge < -0.3 is 5.32 Å². The molecule has 0 spiro atoms. The summed E-state index contributed by atoms with van der Waals surface area (Å²) in [5, 5.41) is 3.33. The number of halogens is 3. The molecule has 1 N–H and O–H groups in total. The van der Waals surface area contributed by atoms with Crippen LogP contribution in [-0.2, 0) is 4.79 Å². The van der Waals surface area contributed by atoms with Gasteiger partial charge in [-0.1, -0.05) is 39.7 Å². The fourth-order valence-electron chi connectivity index (χ4n) is 1.99. The van der Waals surface area contributed by atoms with E-state index in [1.54, 1.807) is 12.1 Å². The number of aliphatic imine (C=N–C) groups is 1. The zero-order valence-corrected chi connectivity index (χ0v) is 15.6. The summed E-state index contributed by atoms with van der Waals surface area (Å²) in [4.78, 5) is 16.5. The van der Waals surface area contributed by atoms with Gasteiger partial charge in [0.1, 0.15) is 11.5 Å². The summed E-state index contributed by atoms with van der Waals surface area (Å²) in [5.41, 5.74) is 2.00. The molecule has 0 atom stereocenters. The Kier molecular flexibility index (Phi) is 4.65. The topological polar surface area (TPSA) is 41.5 Å². The summed E-state index contributed by atoms with van der Waals surface area (Å²) in [5.74, 6) is 0.254. The minimum atomic E-state index is -0.229. The molecule has 3 rings (SSSR count). The highest BCUT2D eigenvalue weighted by atomic mass is 127. The molecular formula is C16H9BrClIN2O. The molecule has 2 aromatic carbocycles. The predicted molar refractivity (Wildman–Crippen MR) is 101 cm³/mol. The average molecular weight is 488 g/mol. The van der Waals surface area contributed by atoms with Crippen molar-refractivity contribution >= 4 is 67.9 Å². The van der Waals surface area contributed by atoms with Gasteiger partial charge in [0.2, 0.25) is 0 Å². The van der Waals surface area contributed by atoms with Crippen molar-refractivity contribution < 1.29 is 4.79 Å². The van der Waals surface area contributed by atoms with Crippen LogP contribution in [-0.4, -0.2) is 11.7 Å².